The molecule has 0 aliphatic rings. The maximum absolute atomic E-state index is 5.88. The van der Waals surface area contributed by atoms with Crippen LogP contribution in [0.4, 0.5) is 11.4 Å². The van der Waals surface area contributed by atoms with Crippen LogP contribution in [0.1, 0.15) is 18.5 Å². The van der Waals surface area contributed by atoms with E-state index in [1.165, 1.54) is 0 Å². The van der Waals surface area contributed by atoms with Crippen LogP contribution >= 0.6 is 11.6 Å². The van der Waals surface area contributed by atoms with E-state index in [2.05, 4.69) is 12.2 Å². The molecule has 4 heteroatoms. The standard InChI is InChI=1S/C15H17ClN2O/c1-10(11-3-5-12(16)6-4-11)18-14-7-13(17)8-15(9-14)19-2/h3-10,18H,17H2,1-2H3. The molecule has 0 amide bonds. The molecule has 0 radical (unpaired) electrons. The Bertz CT molecular complexity index is 555. The zero-order valence-electron chi connectivity index (χ0n) is 11.0. The molecular weight excluding hydrogens is 260 g/mol. The van der Waals surface area contributed by atoms with Crippen LogP contribution in [0.3, 0.4) is 0 Å². The summed E-state index contributed by atoms with van der Waals surface area (Å²) >= 11 is 5.88. The maximum atomic E-state index is 5.88. The van der Waals surface area contributed by atoms with Crippen LogP contribution in [-0.2, 0) is 0 Å². The number of ether oxygens (including phenoxy) is 1. The van der Waals surface area contributed by atoms with Crippen molar-refractivity contribution in [2.45, 2.75) is 13.0 Å². The number of nitrogen functional groups attached to an aromatic ring is 1. The zero-order valence-corrected chi connectivity index (χ0v) is 11.7. The van der Waals surface area contributed by atoms with Gasteiger partial charge in [0.25, 0.3) is 0 Å². The fraction of sp³-hybridized carbons (Fsp3) is 0.200. The van der Waals surface area contributed by atoms with Gasteiger partial charge in [0.2, 0.25) is 0 Å². The lowest BCUT2D eigenvalue weighted by Gasteiger charge is -2.17. The minimum Gasteiger partial charge on any atom is -0.497 e. The van der Waals surface area contributed by atoms with E-state index in [4.69, 9.17) is 22.1 Å². The van der Waals surface area contributed by atoms with Gasteiger partial charge in [-0.05, 0) is 30.7 Å². The predicted octanol–water partition coefficient (Wildman–Crippen LogP) is 4.10. The molecule has 0 aliphatic carbocycles. The van der Waals surface area contributed by atoms with E-state index in [9.17, 15) is 0 Å². The summed E-state index contributed by atoms with van der Waals surface area (Å²) < 4.78 is 5.20. The first-order valence-corrected chi connectivity index (χ1v) is 6.43. The van der Waals surface area contributed by atoms with Crippen LogP contribution in [0.25, 0.3) is 0 Å². The Hall–Kier alpha value is -1.87. The molecule has 2 aromatic carbocycles. The normalized spacial score (nSPS) is 11.9. The van der Waals surface area contributed by atoms with Gasteiger partial charge < -0.3 is 15.8 Å². The van der Waals surface area contributed by atoms with Crippen molar-refractivity contribution in [3.05, 3.63) is 53.1 Å². The lowest BCUT2D eigenvalue weighted by atomic mass is 10.1. The Labute approximate surface area is 118 Å². The molecule has 0 heterocycles. The molecule has 3 N–H and O–H groups in total. The predicted molar refractivity (Wildman–Crippen MR) is 80.9 cm³/mol. The van der Waals surface area contributed by atoms with Gasteiger partial charge in [-0.2, -0.15) is 0 Å². The number of hydrogen-bond donors (Lipinski definition) is 2. The fourth-order valence-corrected chi connectivity index (χ4v) is 2.03. The van der Waals surface area contributed by atoms with E-state index in [1.54, 1.807) is 13.2 Å². The van der Waals surface area contributed by atoms with Crippen LogP contribution in [0, 0.1) is 0 Å². The van der Waals surface area contributed by atoms with Gasteiger partial charge in [0.05, 0.1) is 7.11 Å². The van der Waals surface area contributed by atoms with Gasteiger partial charge in [-0.1, -0.05) is 23.7 Å². The van der Waals surface area contributed by atoms with Gasteiger partial charge in [-0.15, -0.1) is 0 Å². The molecule has 2 rings (SSSR count). The number of hydrogen-bond acceptors (Lipinski definition) is 3. The molecule has 0 bridgehead atoms. The third-order valence-corrected chi connectivity index (χ3v) is 3.17. The van der Waals surface area contributed by atoms with Crippen molar-refractivity contribution >= 4 is 23.0 Å². The van der Waals surface area contributed by atoms with Crippen molar-refractivity contribution in [1.29, 1.82) is 0 Å². The van der Waals surface area contributed by atoms with Gasteiger partial charge in [0, 0.05) is 34.6 Å². The number of nitrogens with two attached hydrogens (primary N) is 1. The third kappa shape index (κ3) is 3.55. The number of nitrogens with one attached hydrogen (secondary N) is 1. The molecule has 0 spiro atoms. The lowest BCUT2D eigenvalue weighted by Crippen LogP contribution is -2.07. The number of halogens is 1. The number of rotatable bonds is 4. The molecule has 0 aromatic heterocycles. The van der Waals surface area contributed by atoms with Crippen LogP contribution in [-0.4, -0.2) is 7.11 Å². The summed E-state index contributed by atoms with van der Waals surface area (Å²) in [5.41, 5.74) is 8.59. The van der Waals surface area contributed by atoms with Gasteiger partial charge >= 0.3 is 0 Å². The average molecular weight is 277 g/mol. The Morgan fingerprint density at radius 2 is 1.84 bits per heavy atom. The molecule has 100 valence electrons. The maximum Gasteiger partial charge on any atom is 0.122 e. The van der Waals surface area contributed by atoms with Crippen molar-refractivity contribution in [1.82, 2.24) is 0 Å². The number of anilines is 2. The Kier molecular flexibility index (Phi) is 4.17. The van der Waals surface area contributed by atoms with Gasteiger partial charge in [-0.25, -0.2) is 0 Å². The second kappa shape index (κ2) is 5.85. The van der Waals surface area contributed by atoms with E-state index in [-0.39, 0.29) is 6.04 Å². The summed E-state index contributed by atoms with van der Waals surface area (Å²) in [4.78, 5) is 0. The Balaban J connectivity index is 2.16. The van der Waals surface area contributed by atoms with Gasteiger partial charge in [0.1, 0.15) is 5.75 Å². The fourth-order valence-electron chi connectivity index (χ4n) is 1.91. The number of methoxy groups -OCH3 is 1. The number of benzene rings is 2. The minimum atomic E-state index is 0.156. The second-order valence-corrected chi connectivity index (χ2v) is 4.85. The van der Waals surface area contributed by atoms with Crippen LogP contribution < -0.4 is 15.8 Å². The minimum absolute atomic E-state index is 0.156. The monoisotopic (exact) mass is 276 g/mol. The molecule has 0 saturated heterocycles. The zero-order chi connectivity index (χ0) is 13.8. The summed E-state index contributed by atoms with van der Waals surface area (Å²) in [7, 11) is 1.63. The highest BCUT2D eigenvalue weighted by molar-refractivity contribution is 6.30. The van der Waals surface area contributed by atoms with Crippen molar-refractivity contribution in [2.75, 3.05) is 18.2 Å². The highest BCUT2D eigenvalue weighted by Gasteiger charge is 2.06. The first-order chi connectivity index (χ1) is 9.08. The van der Waals surface area contributed by atoms with Crippen LogP contribution in [0.2, 0.25) is 5.02 Å². The Morgan fingerprint density at radius 1 is 1.16 bits per heavy atom. The van der Waals surface area contributed by atoms with E-state index in [1.807, 2.05) is 36.4 Å². The van der Waals surface area contributed by atoms with Crippen molar-refractivity contribution < 1.29 is 4.74 Å². The molecule has 1 atom stereocenters. The average Bonchev–Trinajstić information content (AvgIpc) is 2.38. The summed E-state index contributed by atoms with van der Waals surface area (Å²) in [5, 5.41) is 4.13. The van der Waals surface area contributed by atoms with Crippen molar-refractivity contribution in [2.24, 2.45) is 0 Å². The molecule has 19 heavy (non-hydrogen) atoms. The third-order valence-electron chi connectivity index (χ3n) is 2.92. The molecule has 0 aliphatic heterocycles. The van der Waals surface area contributed by atoms with E-state index in [0.29, 0.717) is 5.69 Å². The quantitative estimate of drug-likeness (QED) is 0.827. The summed E-state index contributed by atoms with van der Waals surface area (Å²) in [6.07, 6.45) is 0. The first-order valence-electron chi connectivity index (χ1n) is 6.05. The summed E-state index contributed by atoms with van der Waals surface area (Å²) in [5.74, 6) is 0.741. The second-order valence-electron chi connectivity index (χ2n) is 4.41. The highest BCUT2D eigenvalue weighted by atomic mass is 35.5. The molecule has 0 fully saturated rings. The van der Waals surface area contributed by atoms with Gasteiger partial charge in [-0.3, -0.25) is 0 Å². The first kappa shape index (κ1) is 13.6. The topological polar surface area (TPSA) is 47.3 Å². The van der Waals surface area contributed by atoms with Crippen LogP contribution in [0.5, 0.6) is 5.75 Å². The largest absolute Gasteiger partial charge is 0.497 e. The van der Waals surface area contributed by atoms with Gasteiger partial charge in [0.15, 0.2) is 0 Å². The SMILES string of the molecule is COc1cc(N)cc(NC(C)c2ccc(Cl)cc2)c1. The summed E-state index contributed by atoms with van der Waals surface area (Å²) in [6.45, 7) is 2.08. The van der Waals surface area contributed by atoms with Crippen LogP contribution in [0.15, 0.2) is 42.5 Å². The van der Waals surface area contributed by atoms with Crippen molar-refractivity contribution in [3.63, 3.8) is 0 Å². The summed E-state index contributed by atoms with van der Waals surface area (Å²) in [6, 6.07) is 13.5. The van der Waals surface area contributed by atoms with Crippen molar-refractivity contribution in [3.8, 4) is 5.75 Å². The highest BCUT2D eigenvalue weighted by Crippen LogP contribution is 2.26. The molecule has 2 aromatic rings. The van der Waals surface area contributed by atoms with E-state index in [0.717, 1.165) is 22.0 Å². The molecule has 3 nitrogen and oxygen atoms in total. The smallest absolute Gasteiger partial charge is 0.122 e. The molecule has 1 unspecified atom stereocenters. The van der Waals surface area contributed by atoms with E-state index >= 15 is 0 Å². The molecular formula is C15H17ClN2O. The van der Waals surface area contributed by atoms with E-state index < -0.39 is 0 Å². The lowest BCUT2D eigenvalue weighted by molar-refractivity contribution is 0.415. The molecule has 0 saturated carbocycles. The Morgan fingerprint density at radius 3 is 2.47 bits per heavy atom.